The lowest BCUT2D eigenvalue weighted by Gasteiger charge is -2.19. The number of alkyl halides is 3. The van der Waals surface area contributed by atoms with Gasteiger partial charge in [0.15, 0.2) is 0 Å². The third kappa shape index (κ3) is 3.51. The molecule has 1 amide bonds. The van der Waals surface area contributed by atoms with Gasteiger partial charge in [0, 0.05) is 25.8 Å². The maximum absolute atomic E-state index is 13.2. The van der Waals surface area contributed by atoms with Crippen molar-refractivity contribution in [2.75, 3.05) is 20.2 Å². The van der Waals surface area contributed by atoms with E-state index in [2.05, 4.69) is 10.6 Å². The summed E-state index contributed by atoms with van der Waals surface area (Å²) < 4.78 is 56.1. The van der Waals surface area contributed by atoms with E-state index in [1.54, 1.807) is 0 Å². The summed E-state index contributed by atoms with van der Waals surface area (Å²) in [5, 5.41) is 5.57. The molecule has 8 heteroatoms. The minimum Gasteiger partial charge on any atom is -0.378 e. The quantitative estimate of drug-likeness (QED) is 0.833. The Morgan fingerprint density at radius 1 is 1.38 bits per heavy atom. The molecule has 0 aliphatic carbocycles. The number of ether oxygens (including phenoxy) is 1. The van der Waals surface area contributed by atoms with Crippen LogP contribution in [0.4, 0.5) is 17.6 Å². The van der Waals surface area contributed by atoms with Crippen molar-refractivity contribution in [2.45, 2.75) is 18.3 Å². The van der Waals surface area contributed by atoms with Crippen molar-refractivity contribution in [1.29, 1.82) is 0 Å². The van der Waals surface area contributed by atoms with Crippen molar-refractivity contribution in [3.8, 4) is 0 Å². The van der Waals surface area contributed by atoms with Crippen molar-refractivity contribution in [3.63, 3.8) is 0 Å². The number of nitrogens with one attached hydrogen (secondary N) is 2. The van der Waals surface area contributed by atoms with E-state index in [0.717, 1.165) is 6.07 Å². The zero-order chi connectivity index (χ0) is 15.6. The maximum atomic E-state index is 13.2. The van der Waals surface area contributed by atoms with Crippen LogP contribution in [-0.2, 0) is 10.9 Å². The number of halogens is 4. The van der Waals surface area contributed by atoms with E-state index in [9.17, 15) is 22.4 Å². The molecule has 1 aliphatic rings. The first-order chi connectivity index (χ1) is 9.82. The van der Waals surface area contributed by atoms with Crippen molar-refractivity contribution in [3.05, 3.63) is 35.1 Å². The Balaban J connectivity index is 2.16. The first-order valence-electron chi connectivity index (χ1n) is 6.24. The Morgan fingerprint density at radius 2 is 2.10 bits per heavy atom. The van der Waals surface area contributed by atoms with E-state index in [1.165, 1.54) is 7.11 Å². The number of carbonyl (C=O) groups excluding carboxylic acids is 1. The van der Waals surface area contributed by atoms with E-state index in [4.69, 9.17) is 4.74 Å². The smallest absolute Gasteiger partial charge is 0.378 e. The van der Waals surface area contributed by atoms with Gasteiger partial charge in [0.25, 0.3) is 5.91 Å². The molecule has 1 fully saturated rings. The fourth-order valence-corrected chi connectivity index (χ4v) is 2.18. The average Bonchev–Trinajstić information content (AvgIpc) is 2.85. The summed E-state index contributed by atoms with van der Waals surface area (Å²) in [6.07, 6.45) is -5.10. The molecule has 21 heavy (non-hydrogen) atoms. The third-order valence-electron chi connectivity index (χ3n) is 3.31. The highest BCUT2D eigenvalue weighted by atomic mass is 19.4. The summed E-state index contributed by atoms with van der Waals surface area (Å²) >= 11 is 0. The zero-order valence-electron chi connectivity index (χ0n) is 11.1. The van der Waals surface area contributed by atoms with Gasteiger partial charge < -0.3 is 15.4 Å². The second-order valence-corrected chi connectivity index (χ2v) is 4.70. The predicted octanol–water partition coefficient (Wildman–Crippen LogP) is 1.56. The molecule has 0 radical (unpaired) electrons. The lowest BCUT2D eigenvalue weighted by atomic mass is 10.1. The van der Waals surface area contributed by atoms with Crippen molar-refractivity contribution in [2.24, 2.45) is 0 Å². The normalized spacial score (nSPS) is 22.3. The first-order valence-corrected chi connectivity index (χ1v) is 6.24. The van der Waals surface area contributed by atoms with E-state index >= 15 is 0 Å². The third-order valence-corrected chi connectivity index (χ3v) is 3.31. The number of methoxy groups -OCH3 is 1. The number of carbonyl (C=O) groups is 1. The summed E-state index contributed by atoms with van der Waals surface area (Å²) in [4.78, 5) is 12.0. The molecule has 0 spiro atoms. The van der Waals surface area contributed by atoms with Gasteiger partial charge in [0.2, 0.25) is 0 Å². The number of rotatable bonds is 3. The molecule has 1 saturated heterocycles. The molecule has 2 N–H and O–H groups in total. The summed E-state index contributed by atoms with van der Waals surface area (Å²) in [6.45, 7) is 0.996. The lowest BCUT2D eigenvalue weighted by Crippen LogP contribution is -2.43. The summed E-state index contributed by atoms with van der Waals surface area (Å²) in [6, 6.07) is 1.82. The SMILES string of the molecule is CO[C@H]1CNCC1NC(=O)c1ccc(F)c(C(F)(F)F)c1. The fraction of sp³-hybridized carbons (Fsp3) is 0.462. The highest BCUT2D eigenvalue weighted by molar-refractivity contribution is 5.94. The monoisotopic (exact) mass is 306 g/mol. The van der Waals surface area contributed by atoms with Gasteiger partial charge in [-0.05, 0) is 18.2 Å². The average molecular weight is 306 g/mol. The Hall–Kier alpha value is -1.67. The molecule has 1 aliphatic heterocycles. The van der Waals surface area contributed by atoms with E-state index in [0.29, 0.717) is 25.2 Å². The summed E-state index contributed by atoms with van der Waals surface area (Å²) in [5.41, 5.74) is -1.70. The van der Waals surface area contributed by atoms with E-state index in [1.807, 2.05) is 0 Å². The Bertz CT molecular complexity index is 533. The second kappa shape index (κ2) is 5.98. The molecule has 1 unspecified atom stereocenters. The van der Waals surface area contributed by atoms with Gasteiger partial charge >= 0.3 is 6.18 Å². The van der Waals surface area contributed by atoms with Crippen LogP contribution in [0.1, 0.15) is 15.9 Å². The standard InChI is InChI=1S/C13H14F4N2O2/c1-21-11-6-18-5-10(11)19-12(20)7-2-3-9(14)8(4-7)13(15,16)17/h2-4,10-11,18H,5-6H2,1H3,(H,19,20)/t10?,11-/m0/s1. The topological polar surface area (TPSA) is 50.4 Å². The molecule has 0 saturated carbocycles. The van der Waals surface area contributed by atoms with Crippen LogP contribution < -0.4 is 10.6 Å². The van der Waals surface area contributed by atoms with Crippen molar-refractivity contribution in [1.82, 2.24) is 10.6 Å². The zero-order valence-corrected chi connectivity index (χ0v) is 11.1. The van der Waals surface area contributed by atoms with Crippen molar-refractivity contribution < 1.29 is 27.1 Å². The number of hydrogen-bond donors (Lipinski definition) is 2. The van der Waals surface area contributed by atoms with Gasteiger partial charge in [-0.25, -0.2) is 4.39 Å². The summed E-state index contributed by atoms with van der Waals surface area (Å²) in [7, 11) is 1.48. The number of amides is 1. The molecule has 1 aromatic rings. The molecule has 2 rings (SSSR count). The molecular weight excluding hydrogens is 292 g/mol. The highest BCUT2D eigenvalue weighted by Crippen LogP contribution is 2.31. The van der Waals surface area contributed by atoms with Crippen LogP contribution in [-0.4, -0.2) is 38.3 Å². The lowest BCUT2D eigenvalue weighted by molar-refractivity contribution is -0.140. The molecule has 4 nitrogen and oxygen atoms in total. The largest absolute Gasteiger partial charge is 0.419 e. The van der Waals surface area contributed by atoms with Gasteiger partial charge in [-0.3, -0.25) is 4.79 Å². The van der Waals surface area contributed by atoms with E-state index in [-0.39, 0.29) is 17.7 Å². The second-order valence-electron chi connectivity index (χ2n) is 4.70. The van der Waals surface area contributed by atoms with Crippen LogP contribution in [0, 0.1) is 5.82 Å². The highest BCUT2D eigenvalue weighted by Gasteiger charge is 2.35. The molecule has 1 heterocycles. The van der Waals surface area contributed by atoms with Crippen molar-refractivity contribution >= 4 is 5.91 Å². The van der Waals surface area contributed by atoms with Crippen LogP contribution in [0.2, 0.25) is 0 Å². The van der Waals surface area contributed by atoms with Gasteiger partial charge in [0.1, 0.15) is 5.82 Å². The number of hydrogen-bond acceptors (Lipinski definition) is 3. The Labute approximate surface area is 118 Å². The molecular formula is C13H14F4N2O2. The summed E-state index contributed by atoms with van der Waals surface area (Å²) in [5.74, 6) is -2.10. The Kier molecular flexibility index (Phi) is 4.48. The molecule has 0 aromatic heterocycles. The minimum atomic E-state index is -4.84. The Morgan fingerprint density at radius 3 is 2.71 bits per heavy atom. The van der Waals surface area contributed by atoms with Crippen LogP contribution in [0.25, 0.3) is 0 Å². The van der Waals surface area contributed by atoms with Gasteiger partial charge in [-0.1, -0.05) is 0 Å². The maximum Gasteiger partial charge on any atom is 0.419 e. The molecule has 2 atom stereocenters. The number of benzene rings is 1. The van der Waals surface area contributed by atoms with Gasteiger partial charge in [0.05, 0.1) is 17.7 Å². The predicted molar refractivity (Wildman–Crippen MR) is 66.3 cm³/mol. The molecule has 0 bridgehead atoms. The molecule has 1 aromatic carbocycles. The van der Waals surface area contributed by atoms with E-state index < -0.39 is 23.5 Å². The minimum absolute atomic E-state index is 0.245. The first kappa shape index (κ1) is 15.7. The van der Waals surface area contributed by atoms with Crippen LogP contribution in [0.5, 0.6) is 0 Å². The van der Waals surface area contributed by atoms with Gasteiger partial charge in [-0.2, -0.15) is 13.2 Å². The molecule has 116 valence electrons. The van der Waals surface area contributed by atoms with Gasteiger partial charge in [-0.15, -0.1) is 0 Å². The van der Waals surface area contributed by atoms with Crippen LogP contribution in [0.3, 0.4) is 0 Å². The van der Waals surface area contributed by atoms with Crippen LogP contribution in [0.15, 0.2) is 18.2 Å². The fourth-order valence-electron chi connectivity index (χ4n) is 2.18. The van der Waals surface area contributed by atoms with Crippen LogP contribution >= 0.6 is 0 Å².